The number of carbonyl (C=O) groups excluding carboxylic acids is 1. The first-order valence-corrected chi connectivity index (χ1v) is 8.20. The van der Waals surface area contributed by atoms with Gasteiger partial charge < -0.3 is 15.4 Å². The Morgan fingerprint density at radius 2 is 1.56 bits per heavy atom. The Morgan fingerprint density at radius 1 is 0.889 bits per heavy atom. The molecule has 0 radical (unpaired) electrons. The minimum Gasteiger partial charge on any atom is -0.487 e. The van der Waals surface area contributed by atoms with E-state index in [1.807, 2.05) is 36.4 Å². The quantitative estimate of drug-likeness (QED) is 0.485. The monoisotopic (exact) mass is 363 g/mol. The average molecular weight is 363 g/mol. The van der Waals surface area contributed by atoms with Crippen LogP contribution in [0.3, 0.4) is 0 Å². The SMILES string of the molecule is O=C(Nc1ccc([N+](=O)[O-])cc1)Nc1ccccc1OCc1ccccc1. The Hall–Kier alpha value is -3.87. The average Bonchev–Trinajstić information content (AvgIpc) is 2.68. The van der Waals surface area contributed by atoms with E-state index >= 15 is 0 Å². The van der Waals surface area contributed by atoms with Crippen LogP contribution in [0.4, 0.5) is 21.9 Å². The molecule has 3 aromatic carbocycles. The van der Waals surface area contributed by atoms with Crippen molar-refractivity contribution in [3.63, 3.8) is 0 Å². The number of hydrogen-bond donors (Lipinski definition) is 2. The highest BCUT2D eigenvalue weighted by Gasteiger charge is 2.09. The molecule has 0 aliphatic carbocycles. The van der Waals surface area contributed by atoms with Gasteiger partial charge in [0.15, 0.2) is 0 Å². The van der Waals surface area contributed by atoms with Crippen LogP contribution >= 0.6 is 0 Å². The number of nitro groups is 1. The first-order valence-electron chi connectivity index (χ1n) is 8.20. The van der Waals surface area contributed by atoms with Gasteiger partial charge in [0.1, 0.15) is 12.4 Å². The van der Waals surface area contributed by atoms with Crippen LogP contribution in [-0.4, -0.2) is 11.0 Å². The van der Waals surface area contributed by atoms with Crippen molar-refractivity contribution >= 4 is 23.1 Å². The zero-order valence-electron chi connectivity index (χ0n) is 14.3. The van der Waals surface area contributed by atoms with Crippen LogP contribution in [0.5, 0.6) is 5.75 Å². The molecule has 0 saturated carbocycles. The van der Waals surface area contributed by atoms with E-state index in [1.54, 1.807) is 18.2 Å². The lowest BCUT2D eigenvalue weighted by Crippen LogP contribution is -2.19. The van der Waals surface area contributed by atoms with E-state index in [0.717, 1.165) is 5.56 Å². The summed E-state index contributed by atoms with van der Waals surface area (Å²) in [5.74, 6) is 0.542. The van der Waals surface area contributed by atoms with Crippen LogP contribution < -0.4 is 15.4 Å². The van der Waals surface area contributed by atoms with Gasteiger partial charge in [-0.1, -0.05) is 42.5 Å². The molecule has 0 unspecified atom stereocenters. The molecule has 2 amide bonds. The number of urea groups is 1. The van der Waals surface area contributed by atoms with Crippen molar-refractivity contribution in [1.82, 2.24) is 0 Å². The molecule has 3 aromatic rings. The molecule has 0 atom stereocenters. The number of para-hydroxylation sites is 2. The molecule has 0 heterocycles. The predicted octanol–water partition coefficient (Wildman–Crippen LogP) is 4.82. The lowest BCUT2D eigenvalue weighted by molar-refractivity contribution is -0.384. The number of anilines is 2. The Balaban J connectivity index is 1.63. The molecule has 7 heteroatoms. The zero-order valence-corrected chi connectivity index (χ0v) is 14.3. The van der Waals surface area contributed by atoms with E-state index in [9.17, 15) is 14.9 Å². The molecular weight excluding hydrogens is 346 g/mol. The van der Waals surface area contributed by atoms with Crippen LogP contribution in [0, 0.1) is 10.1 Å². The van der Waals surface area contributed by atoms with Crippen LogP contribution in [0.25, 0.3) is 0 Å². The lowest BCUT2D eigenvalue weighted by atomic mass is 10.2. The van der Waals surface area contributed by atoms with E-state index in [0.29, 0.717) is 23.7 Å². The van der Waals surface area contributed by atoms with Gasteiger partial charge in [-0.15, -0.1) is 0 Å². The zero-order chi connectivity index (χ0) is 19.1. The maximum Gasteiger partial charge on any atom is 0.323 e. The van der Waals surface area contributed by atoms with E-state index < -0.39 is 11.0 Å². The molecular formula is C20H17N3O4. The van der Waals surface area contributed by atoms with E-state index in [2.05, 4.69) is 10.6 Å². The Kier molecular flexibility index (Phi) is 5.64. The number of carbonyl (C=O) groups is 1. The largest absolute Gasteiger partial charge is 0.487 e. The molecule has 7 nitrogen and oxygen atoms in total. The highest BCUT2D eigenvalue weighted by Crippen LogP contribution is 2.25. The van der Waals surface area contributed by atoms with E-state index in [4.69, 9.17) is 4.74 Å². The summed E-state index contributed by atoms with van der Waals surface area (Å²) in [6, 6.07) is 21.9. The van der Waals surface area contributed by atoms with Gasteiger partial charge in [0.2, 0.25) is 0 Å². The fraction of sp³-hybridized carbons (Fsp3) is 0.0500. The number of non-ortho nitro benzene ring substituents is 1. The highest BCUT2D eigenvalue weighted by atomic mass is 16.6. The van der Waals surface area contributed by atoms with Crippen molar-refractivity contribution in [2.75, 3.05) is 10.6 Å². The highest BCUT2D eigenvalue weighted by molar-refractivity contribution is 6.00. The summed E-state index contributed by atoms with van der Waals surface area (Å²) in [6.45, 7) is 0.378. The topological polar surface area (TPSA) is 93.5 Å². The van der Waals surface area contributed by atoms with Gasteiger partial charge in [0, 0.05) is 17.8 Å². The molecule has 0 aliphatic heterocycles. The molecule has 0 bridgehead atoms. The smallest absolute Gasteiger partial charge is 0.323 e. The maximum atomic E-state index is 12.2. The van der Waals surface area contributed by atoms with Crippen LogP contribution in [0.1, 0.15) is 5.56 Å². The number of benzene rings is 3. The minimum atomic E-state index is -0.496. The fourth-order valence-corrected chi connectivity index (χ4v) is 2.38. The van der Waals surface area contributed by atoms with Gasteiger partial charge in [-0.05, 0) is 29.8 Å². The summed E-state index contributed by atoms with van der Waals surface area (Å²) < 4.78 is 5.80. The number of nitrogens with zero attached hydrogens (tertiary/aromatic N) is 1. The summed E-state index contributed by atoms with van der Waals surface area (Å²) in [7, 11) is 0. The van der Waals surface area contributed by atoms with Gasteiger partial charge >= 0.3 is 6.03 Å². The third kappa shape index (κ3) is 5.05. The van der Waals surface area contributed by atoms with Gasteiger partial charge in [-0.3, -0.25) is 10.1 Å². The van der Waals surface area contributed by atoms with Crippen molar-refractivity contribution in [2.45, 2.75) is 6.61 Å². The number of hydrogen-bond acceptors (Lipinski definition) is 4. The molecule has 0 fully saturated rings. The molecule has 0 saturated heterocycles. The van der Waals surface area contributed by atoms with Gasteiger partial charge in [0.25, 0.3) is 5.69 Å². The predicted molar refractivity (Wildman–Crippen MR) is 103 cm³/mol. The van der Waals surface area contributed by atoms with E-state index in [1.165, 1.54) is 24.3 Å². The second kappa shape index (κ2) is 8.48. The summed E-state index contributed by atoms with van der Waals surface area (Å²) in [6.07, 6.45) is 0. The summed E-state index contributed by atoms with van der Waals surface area (Å²) in [5.41, 5.74) is 1.94. The van der Waals surface area contributed by atoms with Gasteiger partial charge in [-0.2, -0.15) is 0 Å². The molecule has 0 aromatic heterocycles. The molecule has 136 valence electrons. The standard InChI is InChI=1S/C20H17N3O4/c24-20(21-16-10-12-17(13-11-16)23(25)26)22-18-8-4-5-9-19(18)27-14-15-6-2-1-3-7-15/h1-13H,14H2,(H2,21,22,24). The third-order valence-corrected chi connectivity index (χ3v) is 3.71. The van der Waals surface area contributed by atoms with Crippen molar-refractivity contribution in [3.05, 3.63) is 94.5 Å². The summed E-state index contributed by atoms with van der Waals surface area (Å²) in [5, 5.41) is 16.0. The number of amides is 2. The number of ether oxygens (including phenoxy) is 1. The van der Waals surface area contributed by atoms with Crippen LogP contribution in [0.15, 0.2) is 78.9 Å². The van der Waals surface area contributed by atoms with Crippen molar-refractivity contribution in [1.29, 1.82) is 0 Å². The van der Waals surface area contributed by atoms with Crippen molar-refractivity contribution in [2.24, 2.45) is 0 Å². The summed E-state index contributed by atoms with van der Waals surface area (Å²) >= 11 is 0. The first kappa shape index (κ1) is 17.9. The molecule has 0 spiro atoms. The number of nitro benzene ring substituents is 1. The Morgan fingerprint density at radius 3 is 2.26 bits per heavy atom. The van der Waals surface area contributed by atoms with Gasteiger partial charge in [-0.25, -0.2) is 4.79 Å². The Labute approximate surface area is 155 Å². The third-order valence-electron chi connectivity index (χ3n) is 3.71. The molecule has 2 N–H and O–H groups in total. The summed E-state index contributed by atoms with van der Waals surface area (Å²) in [4.78, 5) is 22.4. The minimum absolute atomic E-state index is 0.0411. The van der Waals surface area contributed by atoms with E-state index in [-0.39, 0.29) is 5.69 Å². The Bertz CT molecular complexity index is 927. The van der Waals surface area contributed by atoms with Crippen LogP contribution in [0.2, 0.25) is 0 Å². The first-order chi connectivity index (χ1) is 13.1. The maximum absolute atomic E-state index is 12.2. The second-order valence-corrected chi connectivity index (χ2v) is 5.65. The van der Waals surface area contributed by atoms with Crippen molar-refractivity contribution < 1.29 is 14.5 Å². The molecule has 3 rings (SSSR count). The van der Waals surface area contributed by atoms with Crippen LogP contribution in [-0.2, 0) is 6.61 Å². The van der Waals surface area contributed by atoms with Crippen molar-refractivity contribution in [3.8, 4) is 5.75 Å². The molecule has 27 heavy (non-hydrogen) atoms. The number of rotatable bonds is 6. The fourth-order valence-electron chi connectivity index (χ4n) is 2.38. The van der Waals surface area contributed by atoms with Gasteiger partial charge in [0.05, 0.1) is 10.6 Å². The second-order valence-electron chi connectivity index (χ2n) is 5.65. The lowest BCUT2D eigenvalue weighted by Gasteiger charge is -2.13. The number of nitrogens with one attached hydrogen (secondary N) is 2. The molecule has 0 aliphatic rings. The normalized spacial score (nSPS) is 10.1.